The van der Waals surface area contributed by atoms with Crippen LogP contribution in [-0.4, -0.2) is 41.2 Å². The summed E-state index contributed by atoms with van der Waals surface area (Å²) < 4.78 is 53.8. The van der Waals surface area contributed by atoms with Gasteiger partial charge in [0.2, 0.25) is 0 Å². The first-order chi connectivity index (χ1) is 16.7. The van der Waals surface area contributed by atoms with Gasteiger partial charge in [0.25, 0.3) is 5.92 Å². The van der Waals surface area contributed by atoms with Gasteiger partial charge in [0, 0.05) is 41.9 Å². The second-order valence-corrected chi connectivity index (χ2v) is 9.17. The summed E-state index contributed by atoms with van der Waals surface area (Å²) in [6.07, 6.45) is -0.192. The number of halogens is 3. The molecule has 2 atom stereocenters. The third kappa shape index (κ3) is 3.15. The molecule has 3 heterocycles. The van der Waals surface area contributed by atoms with Gasteiger partial charge in [0.15, 0.2) is 5.82 Å². The summed E-state index contributed by atoms with van der Waals surface area (Å²) >= 11 is 0. The molecule has 2 aliphatic rings. The van der Waals surface area contributed by atoms with E-state index in [9.17, 15) is 23.1 Å². The second-order valence-electron chi connectivity index (χ2n) is 9.17. The SMILES string of the molecule is COc1nc(N2CC3CC(F)(F)C3C2)c2c(=O)oc(-c3cc(O)cc4cccc(F)c34)c(C)c2n1. The number of alkyl halides is 2. The zero-order chi connectivity index (χ0) is 24.6. The Balaban J connectivity index is 1.59. The molecule has 2 aromatic heterocycles. The summed E-state index contributed by atoms with van der Waals surface area (Å²) in [7, 11) is 1.37. The lowest BCUT2D eigenvalue weighted by Crippen LogP contribution is -2.46. The van der Waals surface area contributed by atoms with E-state index in [2.05, 4.69) is 9.97 Å². The minimum absolute atomic E-state index is 0.0354. The molecule has 0 spiro atoms. The van der Waals surface area contributed by atoms with Gasteiger partial charge < -0.3 is 19.2 Å². The van der Waals surface area contributed by atoms with E-state index in [0.717, 1.165) is 0 Å². The van der Waals surface area contributed by atoms with Crippen LogP contribution in [0.25, 0.3) is 33.0 Å². The largest absolute Gasteiger partial charge is 0.508 e. The lowest BCUT2D eigenvalue weighted by atomic mass is 9.72. The van der Waals surface area contributed by atoms with Crippen molar-refractivity contribution in [2.45, 2.75) is 19.3 Å². The van der Waals surface area contributed by atoms with E-state index in [0.29, 0.717) is 17.5 Å². The molecule has 6 rings (SSSR count). The number of aryl methyl sites for hydroxylation is 1. The molecule has 1 aliphatic heterocycles. The normalized spacial score (nSPS) is 20.8. The molecule has 0 amide bonds. The molecule has 2 fully saturated rings. The van der Waals surface area contributed by atoms with Crippen molar-refractivity contribution in [1.82, 2.24) is 9.97 Å². The molecule has 1 saturated carbocycles. The predicted octanol–water partition coefficient (Wildman–Crippen LogP) is 4.66. The molecule has 1 N–H and O–H groups in total. The maximum atomic E-state index is 14.8. The third-order valence-electron chi connectivity index (χ3n) is 7.12. The average molecular weight is 483 g/mol. The van der Waals surface area contributed by atoms with E-state index in [-0.39, 0.29) is 64.1 Å². The maximum Gasteiger partial charge on any atom is 0.349 e. The lowest BCUT2D eigenvalue weighted by Gasteiger charge is -2.38. The predicted molar refractivity (Wildman–Crippen MR) is 123 cm³/mol. The van der Waals surface area contributed by atoms with Crippen LogP contribution < -0.4 is 15.3 Å². The fraction of sp³-hybridized carbons (Fsp3) is 0.320. The molecule has 0 bridgehead atoms. The number of methoxy groups -OCH3 is 1. The van der Waals surface area contributed by atoms with Crippen LogP contribution in [-0.2, 0) is 0 Å². The van der Waals surface area contributed by atoms with Crippen LogP contribution in [0.5, 0.6) is 11.8 Å². The Hall–Kier alpha value is -3.82. The number of phenolic OH excluding ortho intramolecular Hbond substituents is 1. The number of hydrogen-bond donors (Lipinski definition) is 1. The Morgan fingerprint density at radius 3 is 2.71 bits per heavy atom. The standard InChI is InChI=1S/C25H20F3N3O4/c1-11-20-19(22(30-24(29-20)34-2)31-9-13-8-25(27,28)16(13)10-31)23(33)35-21(11)15-7-14(32)6-12-4-3-5-17(26)18(12)15/h3-7,13,16,32H,8-10H2,1-2H3. The van der Waals surface area contributed by atoms with E-state index >= 15 is 0 Å². The summed E-state index contributed by atoms with van der Waals surface area (Å²) in [4.78, 5) is 23.6. The van der Waals surface area contributed by atoms with Crippen molar-refractivity contribution in [3.8, 4) is 23.1 Å². The third-order valence-corrected chi connectivity index (χ3v) is 7.12. The molecular formula is C25H20F3N3O4. The van der Waals surface area contributed by atoms with Gasteiger partial charge in [-0.05, 0) is 36.4 Å². The smallest absolute Gasteiger partial charge is 0.349 e. The summed E-state index contributed by atoms with van der Waals surface area (Å²) in [6, 6.07) is 7.13. The van der Waals surface area contributed by atoms with Crippen molar-refractivity contribution in [2.24, 2.45) is 11.8 Å². The number of benzene rings is 2. The van der Waals surface area contributed by atoms with Crippen molar-refractivity contribution >= 4 is 27.5 Å². The molecular weight excluding hydrogens is 463 g/mol. The number of ether oxygens (including phenoxy) is 1. The molecule has 0 radical (unpaired) electrons. The molecule has 1 saturated heterocycles. The van der Waals surface area contributed by atoms with E-state index in [1.165, 1.54) is 31.4 Å². The van der Waals surface area contributed by atoms with Gasteiger partial charge >= 0.3 is 11.6 Å². The van der Waals surface area contributed by atoms with Gasteiger partial charge in [0.1, 0.15) is 22.7 Å². The van der Waals surface area contributed by atoms with Crippen molar-refractivity contribution < 1.29 is 27.4 Å². The van der Waals surface area contributed by atoms with Crippen LogP contribution in [0.15, 0.2) is 39.5 Å². The molecule has 180 valence electrons. The number of nitrogens with zero attached hydrogens (tertiary/aromatic N) is 3. The van der Waals surface area contributed by atoms with Gasteiger partial charge in [0.05, 0.1) is 12.6 Å². The highest BCUT2D eigenvalue weighted by atomic mass is 19.3. The number of aromatic nitrogens is 2. The van der Waals surface area contributed by atoms with Crippen molar-refractivity contribution in [1.29, 1.82) is 0 Å². The van der Waals surface area contributed by atoms with Crippen LogP contribution in [0.1, 0.15) is 12.0 Å². The Morgan fingerprint density at radius 2 is 2.00 bits per heavy atom. The number of fused-ring (bicyclic) bond motifs is 3. The Labute approximate surface area is 196 Å². The number of hydrogen-bond acceptors (Lipinski definition) is 7. The fourth-order valence-electron chi connectivity index (χ4n) is 5.41. The molecule has 10 heteroatoms. The maximum absolute atomic E-state index is 14.8. The summed E-state index contributed by atoms with van der Waals surface area (Å²) in [5, 5.41) is 10.9. The summed E-state index contributed by atoms with van der Waals surface area (Å²) in [5.41, 5.74) is -0.00850. The molecule has 4 aromatic rings. The minimum Gasteiger partial charge on any atom is -0.508 e. The first kappa shape index (κ1) is 21.7. The monoisotopic (exact) mass is 483 g/mol. The Morgan fingerprint density at radius 1 is 1.20 bits per heavy atom. The molecule has 2 aromatic carbocycles. The van der Waals surface area contributed by atoms with Crippen LogP contribution in [0.3, 0.4) is 0 Å². The number of phenols is 1. The van der Waals surface area contributed by atoms with Crippen molar-refractivity contribution in [3.63, 3.8) is 0 Å². The first-order valence-corrected chi connectivity index (χ1v) is 11.1. The fourth-order valence-corrected chi connectivity index (χ4v) is 5.41. The zero-order valence-corrected chi connectivity index (χ0v) is 18.8. The van der Waals surface area contributed by atoms with Gasteiger partial charge in [-0.1, -0.05) is 12.1 Å². The highest BCUT2D eigenvalue weighted by molar-refractivity contribution is 6.00. The van der Waals surface area contributed by atoms with Crippen LogP contribution >= 0.6 is 0 Å². The molecule has 7 nitrogen and oxygen atoms in total. The highest BCUT2D eigenvalue weighted by Gasteiger charge is 2.60. The second kappa shape index (κ2) is 7.34. The van der Waals surface area contributed by atoms with Gasteiger partial charge in [-0.2, -0.15) is 9.97 Å². The number of aromatic hydroxyl groups is 1. The van der Waals surface area contributed by atoms with Crippen molar-refractivity contribution in [2.75, 3.05) is 25.1 Å². The molecule has 35 heavy (non-hydrogen) atoms. The average Bonchev–Trinajstić information content (AvgIpc) is 3.19. The number of rotatable bonds is 3. The summed E-state index contributed by atoms with van der Waals surface area (Å²) in [5.74, 6) is -4.19. The Kier molecular flexibility index (Phi) is 4.55. The topological polar surface area (TPSA) is 88.7 Å². The van der Waals surface area contributed by atoms with E-state index in [1.54, 1.807) is 17.9 Å². The van der Waals surface area contributed by atoms with Crippen molar-refractivity contribution in [3.05, 3.63) is 52.1 Å². The molecule has 2 unspecified atom stereocenters. The Bertz CT molecular complexity index is 1590. The minimum atomic E-state index is -2.74. The van der Waals surface area contributed by atoms with Crippen LogP contribution in [0.4, 0.5) is 19.0 Å². The molecule has 1 aliphatic carbocycles. The van der Waals surface area contributed by atoms with E-state index in [1.807, 2.05) is 0 Å². The van der Waals surface area contributed by atoms with Crippen LogP contribution in [0, 0.1) is 24.6 Å². The van der Waals surface area contributed by atoms with E-state index in [4.69, 9.17) is 9.15 Å². The van der Waals surface area contributed by atoms with Gasteiger partial charge in [-0.15, -0.1) is 0 Å². The lowest BCUT2D eigenvalue weighted by molar-refractivity contribution is -0.152. The quantitative estimate of drug-likeness (QED) is 0.454. The van der Waals surface area contributed by atoms with Gasteiger partial charge in [-0.25, -0.2) is 18.0 Å². The van der Waals surface area contributed by atoms with E-state index < -0.39 is 23.3 Å². The first-order valence-electron chi connectivity index (χ1n) is 11.1. The zero-order valence-electron chi connectivity index (χ0n) is 18.8. The highest BCUT2D eigenvalue weighted by Crippen LogP contribution is 2.53. The van der Waals surface area contributed by atoms with Gasteiger partial charge in [-0.3, -0.25) is 0 Å². The summed E-state index contributed by atoms with van der Waals surface area (Å²) in [6.45, 7) is 2.03. The van der Waals surface area contributed by atoms with Crippen LogP contribution in [0.2, 0.25) is 0 Å². The number of anilines is 1.